The summed E-state index contributed by atoms with van der Waals surface area (Å²) in [6.45, 7) is 5.85. The van der Waals surface area contributed by atoms with Crippen molar-refractivity contribution in [1.82, 2.24) is 4.90 Å². The molecule has 5 atom stereocenters. The molecule has 3 fully saturated rings. The van der Waals surface area contributed by atoms with E-state index in [-0.39, 0.29) is 17.4 Å². The van der Waals surface area contributed by atoms with Gasteiger partial charge in [-0.25, -0.2) is 9.59 Å². The number of ether oxygens (including phenoxy) is 2. The van der Waals surface area contributed by atoms with Crippen molar-refractivity contribution in [2.45, 2.75) is 81.6 Å². The minimum atomic E-state index is -1.11. The van der Waals surface area contributed by atoms with Gasteiger partial charge in [-0.15, -0.1) is 0 Å². The maximum Gasteiger partial charge on any atom is 0.417 e. The number of aliphatic hydroxyl groups excluding tert-OH is 1. The molecule has 2 aromatic carbocycles. The van der Waals surface area contributed by atoms with Crippen LogP contribution < -0.4 is 14.8 Å². The summed E-state index contributed by atoms with van der Waals surface area (Å²) in [4.78, 5) is 26.3. The summed E-state index contributed by atoms with van der Waals surface area (Å²) in [6, 6.07) is 9.21. The van der Waals surface area contributed by atoms with E-state index in [1.807, 2.05) is 13.0 Å². The second-order valence-corrected chi connectivity index (χ2v) is 11.7. The summed E-state index contributed by atoms with van der Waals surface area (Å²) in [7, 11) is 0. The molecule has 208 valence electrons. The van der Waals surface area contributed by atoms with Crippen molar-refractivity contribution >= 4 is 17.7 Å². The van der Waals surface area contributed by atoms with E-state index in [4.69, 9.17) is 14.6 Å². The molecule has 9 heteroatoms. The molecule has 4 N–H and O–H groups in total. The molecule has 0 aromatic heterocycles. The van der Waals surface area contributed by atoms with Gasteiger partial charge in [0, 0.05) is 23.8 Å². The van der Waals surface area contributed by atoms with Crippen LogP contribution in [0.15, 0.2) is 36.4 Å². The molecule has 1 spiro atoms. The Morgan fingerprint density at radius 3 is 2.54 bits per heavy atom. The maximum absolute atomic E-state index is 12.8. The van der Waals surface area contributed by atoms with E-state index in [2.05, 4.69) is 17.1 Å². The molecular weight excluding hydrogens is 500 g/mol. The smallest absolute Gasteiger partial charge is 0.417 e. The third-order valence-electron chi connectivity index (χ3n) is 9.78. The molecule has 2 aliphatic heterocycles. The van der Waals surface area contributed by atoms with Crippen LogP contribution in [0.4, 0.5) is 10.5 Å². The van der Waals surface area contributed by atoms with Gasteiger partial charge < -0.3 is 24.8 Å². The molecule has 2 saturated carbocycles. The average Bonchev–Trinajstić information content (AvgIpc) is 3.25. The Morgan fingerprint density at radius 1 is 1.13 bits per heavy atom. The SMILES string of the molecule is Cc1ccc(OC(=O)Nc2ccc(C(=O)O)cc2)c2c1[C@]13CCN(CC4CCC4)[C@H](C)[C@]1(O)CC[C@H](O)[C@@H]3O2. The molecule has 9 nitrogen and oxygen atoms in total. The van der Waals surface area contributed by atoms with Crippen LogP contribution >= 0.6 is 0 Å². The van der Waals surface area contributed by atoms with Gasteiger partial charge in [0.25, 0.3) is 0 Å². The van der Waals surface area contributed by atoms with Crippen LogP contribution in [-0.4, -0.2) is 69.2 Å². The topological polar surface area (TPSA) is 129 Å². The molecule has 39 heavy (non-hydrogen) atoms. The van der Waals surface area contributed by atoms with E-state index >= 15 is 0 Å². The van der Waals surface area contributed by atoms with Crippen molar-refractivity contribution in [3.63, 3.8) is 0 Å². The number of amides is 1. The first-order valence-corrected chi connectivity index (χ1v) is 13.9. The molecule has 2 heterocycles. The predicted molar refractivity (Wildman–Crippen MR) is 144 cm³/mol. The summed E-state index contributed by atoms with van der Waals surface area (Å²) < 4.78 is 12.2. The lowest BCUT2D eigenvalue weighted by atomic mass is 9.52. The molecule has 0 bridgehead atoms. The summed E-state index contributed by atoms with van der Waals surface area (Å²) in [6.07, 6.45) is 3.15. The molecule has 0 radical (unpaired) electrons. The lowest BCUT2D eigenvalue weighted by Gasteiger charge is -2.61. The van der Waals surface area contributed by atoms with Gasteiger partial charge in [0.05, 0.1) is 22.7 Å². The zero-order chi connectivity index (χ0) is 27.5. The molecule has 2 aliphatic carbocycles. The van der Waals surface area contributed by atoms with Crippen LogP contribution in [0, 0.1) is 12.8 Å². The fraction of sp³-hybridized carbons (Fsp3) is 0.533. The summed E-state index contributed by atoms with van der Waals surface area (Å²) in [5, 5.41) is 35.4. The monoisotopic (exact) mass is 536 g/mol. The number of aryl methyl sites for hydroxylation is 1. The van der Waals surface area contributed by atoms with Gasteiger partial charge in [0.15, 0.2) is 11.5 Å². The van der Waals surface area contributed by atoms with Crippen LogP contribution in [-0.2, 0) is 5.41 Å². The van der Waals surface area contributed by atoms with Crippen LogP contribution in [0.1, 0.15) is 66.9 Å². The van der Waals surface area contributed by atoms with Crippen molar-refractivity contribution < 1.29 is 34.4 Å². The third kappa shape index (κ3) is 4.01. The van der Waals surface area contributed by atoms with Gasteiger partial charge in [-0.1, -0.05) is 12.5 Å². The standard InChI is InChI=1S/C30H36N2O7/c1-17-6-11-23(38-28(36)31-21-9-7-20(8-10-21)27(34)35)25-24(17)29-14-15-32(16-19-4-3-5-19)18(2)30(29,37)13-12-22(33)26(29)39-25/h6-11,18-19,22,26,33,37H,3-5,12-16H2,1-2H3,(H,31,36)(H,34,35)/t18-,22+,26+,29+,30-/m1/s1. The highest BCUT2D eigenvalue weighted by Crippen LogP contribution is 2.62. The maximum atomic E-state index is 12.8. The fourth-order valence-electron chi connectivity index (χ4n) is 7.47. The van der Waals surface area contributed by atoms with E-state index in [1.54, 1.807) is 6.07 Å². The van der Waals surface area contributed by atoms with Gasteiger partial charge in [-0.05, 0) is 94.3 Å². The van der Waals surface area contributed by atoms with E-state index in [9.17, 15) is 19.8 Å². The average molecular weight is 537 g/mol. The lowest BCUT2D eigenvalue weighted by molar-refractivity contribution is -0.201. The van der Waals surface area contributed by atoms with Gasteiger partial charge in [0.1, 0.15) is 6.10 Å². The molecular formula is C30H36N2O7. The van der Waals surface area contributed by atoms with Crippen molar-refractivity contribution in [1.29, 1.82) is 0 Å². The van der Waals surface area contributed by atoms with Crippen LogP contribution in [0.2, 0.25) is 0 Å². The number of hydrogen-bond donors (Lipinski definition) is 4. The summed E-state index contributed by atoms with van der Waals surface area (Å²) in [5.74, 6) is 0.249. The number of carbonyl (C=O) groups excluding carboxylic acids is 1. The Balaban J connectivity index is 1.31. The molecule has 2 aromatic rings. The molecule has 4 aliphatic rings. The normalized spacial score (nSPS) is 31.7. The first kappa shape index (κ1) is 26.1. The number of hydrogen-bond acceptors (Lipinski definition) is 7. The van der Waals surface area contributed by atoms with Crippen LogP contribution in [0.5, 0.6) is 11.5 Å². The van der Waals surface area contributed by atoms with Crippen molar-refractivity contribution in [2.24, 2.45) is 5.92 Å². The number of piperidine rings is 1. The third-order valence-corrected chi connectivity index (χ3v) is 9.78. The van der Waals surface area contributed by atoms with Crippen molar-refractivity contribution in [3.05, 3.63) is 53.1 Å². The second-order valence-electron chi connectivity index (χ2n) is 11.7. The first-order valence-electron chi connectivity index (χ1n) is 13.9. The number of anilines is 1. The minimum Gasteiger partial charge on any atom is -0.482 e. The number of nitrogens with one attached hydrogen (secondary N) is 1. The highest BCUT2D eigenvalue weighted by atomic mass is 16.6. The summed E-state index contributed by atoms with van der Waals surface area (Å²) in [5.41, 5.74) is 0.319. The number of aromatic carboxylic acids is 1. The van der Waals surface area contributed by atoms with Crippen LogP contribution in [0.25, 0.3) is 0 Å². The number of carboxylic acid groups (broad SMARTS) is 1. The van der Waals surface area contributed by atoms with Gasteiger partial charge in [-0.2, -0.15) is 0 Å². The molecule has 0 unspecified atom stereocenters. The Bertz CT molecular complexity index is 1290. The Labute approximate surface area is 227 Å². The van der Waals surface area contributed by atoms with E-state index in [0.717, 1.165) is 24.2 Å². The second kappa shape index (κ2) is 9.50. The molecule has 1 saturated heterocycles. The number of aliphatic hydroxyl groups is 2. The number of fused-ring (bicyclic) bond motifs is 1. The summed E-state index contributed by atoms with van der Waals surface area (Å²) >= 11 is 0. The molecule has 1 amide bonds. The quantitative estimate of drug-likeness (QED) is 0.450. The Hall–Kier alpha value is -3.14. The number of nitrogens with zero attached hydrogens (tertiary/aromatic N) is 1. The number of likely N-dealkylation sites (tertiary alicyclic amines) is 1. The zero-order valence-corrected chi connectivity index (χ0v) is 22.4. The lowest BCUT2D eigenvalue weighted by Crippen LogP contribution is -2.74. The van der Waals surface area contributed by atoms with Gasteiger partial charge in [0.2, 0.25) is 0 Å². The molecule has 6 rings (SSSR count). The van der Waals surface area contributed by atoms with E-state index in [1.165, 1.54) is 43.5 Å². The predicted octanol–water partition coefficient (Wildman–Crippen LogP) is 4.08. The number of benzene rings is 2. The first-order chi connectivity index (χ1) is 18.6. The highest BCUT2D eigenvalue weighted by molar-refractivity contribution is 5.90. The van der Waals surface area contributed by atoms with E-state index < -0.39 is 35.3 Å². The fourth-order valence-corrected chi connectivity index (χ4v) is 7.47. The Morgan fingerprint density at radius 2 is 1.87 bits per heavy atom. The van der Waals surface area contributed by atoms with Gasteiger partial charge in [-0.3, -0.25) is 10.2 Å². The Kier molecular flexibility index (Phi) is 6.36. The number of carboxylic acids is 1. The highest BCUT2D eigenvalue weighted by Gasteiger charge is 2.70. The number of rotatable bonds is 5. The van der Waals surface area contributed by atoms with Crippen LogP contribution in [0.3, 0.4) is 0 Å². The van der Waals surface area contributed by atoms with Gasteiger partial charge >= 0.3 is 12.1 Å². The van der Waals surface area contributed by atoms with Crippen molar-refractivity contribution in [3.8, 4) is 11.5 Å². The number of carbonyl (C=O) groups is 2. The van der Waals surface area contributed by atoms with Crippen molar-refractivity contribution in [2.75, 3.05) is 18.4 Å². The largest absolute Gasteiger partial charge is 0.482 e. The van der Waals surface area contributed by atoms with E-state index in [0.29, 0.717) is 36.6 Å². The zero-order valence-electron chi connectivity index (χ0n) is 22.4. The minimum absolute atomic E-state index is 0.111.